The van der Waals surface area contributed by atoms with Crippen LogP contribution < -0.4 is 11.2 Å². The van der Waals surface area contributed by atoms with E-state index >= 15 is 0 Å². The molecule has 0 spiro atoms. The summed E-state index contributed by atoms with van der Waals surface area (Å²) in [6.45, 7) is 6.07. The van der Waals surface area contributed by atoms with Crippen molar-refractivity contribution in [2.45, 2.75) is 33.6 Å². The molecule has 0 unspecified atom stereocenters. The van der Waals surface area contributed by atoms with Gasteiger partial charge in [0, 0.05) is 5.71 Å². The van der Waals surface area contributed by atoms with Gasteiger partial charge < -0.3 is 5.73 Å². The number of hydrazone groups is 1. The Kier molecular flexibility index (Phi) is 6.71. The first-order valence-electron chi connectivity index (χ1n) is 6.37. The maximum Gasteiger partial charge on any atom is 0.291 e. The first-order valence-corrected chi connectivity index (χ1v) is 7.50. The van der Waals surface area contributed by atoms with Gasteiger partial charge in [0.15, 0.2) is 10.8 Å². The number of hydrogen-bond donors (Lipinski definition) is 2. The van der Waals surface area contributed by atoms with Crippen molar-refractivity contribution in [2.75, 3.05) is 5.73 Å². The topological polar surface area (TPSA) is 80.4 Å². The van der Waals surface area contributed by atoms with Gasteiger partial charge in [0.2, 0.25) is 0 Å². The zero-order valence-corrected chi connectivity index (χ0v) is 14.3. The van der Waals surface area contributed by atoms with Crippen LogP contribution in [0.1, 0.15) is 44.1 Å². The maximum absolute atomic E-state index is 12.0. The Morgan fingerprint density at radius 3 is 2.52 bits per heavy atom. The fourth-order valence-electron chi connectivity index (χ4n) is 1.43. The van der Waals surface area contributed by atoms with Crippen molar-refractivity contribution in [3.8, 4) is 0 Å². The molecule has 1 rings (SSSR count). The Hall–Kier alpha value is -1.04. The first-order chi connectivity index (χ1) is 9.73. The zero-order valence-electron chi connectivity index (χ0n) is 12.0. The third-order valence-corrected chi connectivity index (χ3v) is 3.85. The van der Waals surface area contributed by atoms with E-state index in [1.54, 1.807) is 0 Å². The summed E-state index contributed by atoms with van der Waals surface area (Å²) < 4.78 is 0. The quantitative estimate of drug-likeness (QED) is 0.474. The van der Waals surface area contributed by atoms with Crippen LogP contribution in [-0.2, 0) is 0 Å². The summed E-state index contributed by atoms with van der Waals surface area (Å²) in [7, 11) is 0. The second-order valence-corrected chi connectivity index (χ2v) is 6.13. The van der Waals surface area contributed by atoms with Crippen LogP contribution in [0.25, 0.3) is 0 Å². The molecule has 3 N–H and O–H groups in total. The van der Waals surface area contributed by atoms with Gasteiger partial charge in [0.1, 0.15) is 5.02 Å². The van der Waals surface area contributed by atoms with E-state index in [1.165, 1.54) is 0 Å². The van der Waals surface area contributed by atoms with Crippen molar-refractivity contribution in [2.24, 2.45) is 11.0 Å². The van der Waals surface area contributed by atoms with Crippen molar-refractivity contribution >= 4 is 52.1 Å². The summed E-state index contributed by atoms with van der Waals surface area (Å²) in [5.41, 5.74) is 8.75. The molecule has 0 aliphatic heterocycles. The van der Waals surface area contributed by atoms with E-state index in [0.717, 1.165) is 18.6 Å². The Labute approximate surface area is 138 Å². The summed E-state index contributed by atoms with van der Waals surface area (Å²) in [6, 6.07) is 0. The molecule has 1 aromatic heterocycles. The smallest absolute Gasteiger partial charge is 0.291 e. The average Bonchev–Trinajstić information content (AvgIpc) is 2.44. The average molecular weight is 352 g/mol. The lowest BCUT2D eigenvalue weighted by Crippen LogP contribution is -2.21. The van der Waals surface area contributed by atoms with Crippen LogP contribution in [0.3, 0.4) is 0 Å². The van der Waals surface area contributed by atoms with Crippen LogP contribution in [0.15, 0.2) is 5.10 Å². The molecule has 5 nitrogen and oxygen atoms in total. The van der Waals surface area contributed by atoms with Crippen LogP contribution in [0.4, 0.5) is 5.69 Å². The minimum atomic E-state index is -0.589. The molecule has 116 valence electrons. The molecular weight excluding hydrogens is 335 g/mol. The molecule has 0 bridgehead atoms. The molecule has 0 atom stereocenters. The third kappa shape index (κ3) is 5.02. The molecule has 0 radical (unpaired) electrons. The lowest BCUT2D eigenvalue weighted by Gasteiger charge is -2.08. The molecular formula is C13H17Cl3N4O. The Balaban J connectivity index is 2.84. The van der Waals surface area contributed by atoms with Gasteiger partial charge in [-0.3, -0.25) is 4.79 Å². The van der Waals surface area contributed by atoms with E-state index < -0.39 is 5.91 Å². The molecule has 0 aromatic carbocycles. The van der Waals surface area contributed by atoms with E-state index in [9.17, 15) is 4.79 Å². The Morgan fingerprint density at radius 2 is 1.95 bits per heavy atom. The van der Waals surface area contributed by atoms with Crippen LogP contribution in [0.2, 0.25) is 15.2 Å². The van der Waals surface area contributed by atoms with Crippen LogP contribution in [0.5, 0.6) is 0 Å². The highest BCUT2D eigenvalue weighted by atomic mass is 35.5. The number of carbonyl (C=O) groups excluding carboxylic acids is 1. The maximum atomic E-state index is 12.0. The monoisotopic (exact) mass is 350 g/mol. The molecule has 0 aliphatic carbocycles. The van der Waals surface area contributed by atoms with Gasteiger partial charge in [-0.25, -0.2) is 10.4 Å². The third-order valence-electron chi connectivity index (χ3n) is 2.72. The molecule has 21 heavy (non-hydrogen) atoms. The summed E-state index contributed by atoms with van der Waals surface area (Å²) >= 11 is 17.5. The molecule has 1 amide bonds. The Bertz CT molecular complexity index is 573. The predicted octanol–water partition coefficient (Wildman–Crippen LogP) is 4.17. The number of pyridine rings is 1. The van der Waals surface area contributed by atoms with Gasteiger partial charge >= 0.3 is 0 Å². The number of carbonyl (C=O) groups is 1. The largest absolute Gasteiger partial charge is 0.396 e. The van der Waals surface area contributed by atoms with E-state index in [0.29, 0.717) is 5.92 Å². The number of anilines is 1. The lowest BCUT2D eigenvalue weighted by atomic mass is 10.1. The summed E-state index contributed by atoms with van der Waals surface area (Å²) in [4.78, 5) is 15.8. The van der Waals surface area contributed by atoms with E-state index in [-0.39, 0.29) is 26.6 Å². The molecule has 0 fully saturated rings. The molecule has 1 aromatic rings. The lowest BCUT2D eigenvalue weighted by molar-refractivity contribution is 0.0950. The molecule has 0 saturated heterocycles. The van der Waals surface area contributed by atoms with E-state index in [2.05, 4.69) is 29.4 Å². The van der Waals surface area contributed by atoms with Gasteiger partial charge in [-0.15, -0.1) is 0 Å². The Morgan fingerprint density at radius 1 is 1.33 bits per heavy atom. The van der Waals surface area contributed by atoms with Crippen molar-refractivity contribution in [1.82, 2.24) is 10.4 Å². The van der Waals surface area contributed by atoms with Crippen LogP contribution in [0, 0.1) is 5.92 Å². The number of rotatable bonds is 5. The minimum Gasteiger partial charge on any atom is -0.396 e. The fourth-order valence-corrected chi connectivity index (χ4v) is 2.03. The van der Waals surface area contributed by atoms with Crippen molar-refractivity contribution in [3.63, 3.8) is 0 Å². The van der Waals surface area contributed by atoms with Crippen molar-refractivity contribution < 1.29 is 4.79 Å². The SMILES string of the molecule is CC(CCC(C)C)=NNC(=O)c1nc(Cl)c(Cl)c(N)c1Cl. The zero-order chi connectivity index (χ0) is 16.2. The predicted molar refractivity (Wildman–Crippen MR) is 88.3 cm³/mol. The minimum absolute atomic E-state index is 0.0176. The molecule has 0 saturated carbocycles. The summed E-state index contributed by atoms with van der Waals surface area (Å²) in [5, 5.41) is 3.90. The highest BCUT2D eigenvalue weighted by Gasteiger charge is 2.19. The van der Waals surface area contributed by atoms with Crippen molar-refractivity contribution in [3.05, 3.63) is 20.9 Å². The summed E-state index contributed by atoms with van der Waals surface area (Å²) in [6.07, 6.45) is 1.78. The number of nitrogen functional groups attached to an aromatic ring is 1. The van der Waals surface area contributed by atoms with Crippen LogP contribution in [-0.4, -0.2) is 16.6 Å². The second-order valence-electron chi connectivity index (χ2n) is 5.01. The fraction of sp³-hybridized carbons (Fsp3) is 0.462. The number of nitrogens with two attached hydrogens (primary N) is 1. The molecule has 8 heteroatoms. The number of nitrogens with one attached hydrogen (secondary N) is 1. The second kappa shape index (κ2) is 7.82. The number of hydrogen-bond acceptors (Lipinski definition) is 4. The van der Waals surface area contributed by atoms with Gasteiger partial charge in [-0.2, -0.15) is 5.10 Å². The summed E-state index contributed by atoms with van der Waals surface area (Å²) in [5.74, 6) is -0.0222. The highest BCUT2D eigenvalue weighted by molar-refractivity contribution is 6.46. The molecule has 1 heterocycles. The molecule has 0 aliphatic rings. The van der Waals surface area contributed by atoms with Gasteiger partial charge in [-0.05, 0) is 25.7 Å². The van der Waals surface area contributed by atoms with E-state index in [1.807, 2.05) is 6.92 Å². The normalized spacial score (nSPS) is 11.9. The first kappa shape index (κ1) is 18.0. The standard InChI is InChI=1S/C13H17Cl3N4O/c1-6(2)4-5-7(3)19-20-13(21)11-8(14)10(17)9(15)12(16)18-11/h6H,4-5H2,1-3H3,(H2,17,18)(H,20,21). The highest BCUT2D eigenvalue weighted by Crippen LogP contribution is 2.34. The van der Waals surface area contributed by atoms with E-state index in [4.69, 9.17) is 40.5 Å². The van der Waals surface area contributed by atoms with Gasteiger partial charge in [0.05, 0.1) is 10.7 Å². The number of amides is 1. The van der Waals surface area contributed by atoms with Gasteiger partial charge in [0.25, 0.3) is 5.91 Å². The number of nitrogens with zero attached hydrogens (tertiary/aromatic N) is 2. The van der Waals surface area contributed by atoms with Crippen molar-refractivity contribution in [1.29, 1.82) is 0 Å². The van der Waals surface area contributed by atoms with Gasteiger partial charge in [-0.1, -0.05) is 48.7 Å². The van der Waals surface area contributed by atoms with Crippen LogP contribution >= 0.6 is 34.8 Å². The number of aromatic nitrogens is 1. The number of halogens is 3.